The van der Waals surface area contributed by atoms with E-state index in [9.17, 15) is 0 Å². The fourth-order valence-electron chi connectivity index (χ4n) is 7.51. The average molecular weight is 654 g/mol. The highest BCUT2D eigenvalue weighted by molar-refractivity contribution is 6.23. The minimum absolute atomic E-state index is 0.323. The number of nitrogens with one attached hydrogen (secondary N) is 1. The van der Waals surface area contributed by atoms with Crippen LogP contribution in [-0.2, 0) is 0 Å². The Morgan fingerprint density at radius 1 is 0.471 bits per heavy atom. The average Bonchev–Trinajstić information content (AvgIpc) is 3.60. The molecule has 240 valence electrons. The first-order valence-corrected chi connectivity index (χ1v) is 17.3. The van der Waals surface area contributed by atoms with E-state index in [0.717, 1.165) is 55.6 Å². The van der Waals surface area contributed by atoms with Crippen molar-refractivity contribution in [2.75, 3.05) is 0 Å². The van der Waals surface area contributed by atoms with Crippen LogP contribution in [0.2, 0.25) is 0 Å². The Kier molecular flexibility index (Phi) is 6.85. The Morgan fingerprint density at radius 2 is 1.12 bits per heavy atom. The van der Waals surface area contributed by atoms with Crippen LogP contribution in [0.15, 0.2) is 190 Å². The Morgan fingerprint density at radius 3 is 1.94 bits per heavy atom. The van der Waals surface area contributed by atoms with Crippen molar-refractivity contribution in [3.63, 3.8) is 0 Å². The molecule has 0 radical (unpaired) electrons. The molecule has 2 heterocycles. The highest BCUT2D eigenvalue weighted by Crippen LogP contribution is 2.42. The first-order chi connectivity index (χ1) is 25.3. The van der Waals surface area contributed by atoms with Gasteiger partial charge in [-0.2, -0.15) is 0 Å². The number of aliphatic imine (C=N–C) groups is 2. The standard InChI is InChI=1S/C47H31N3O/c1-3-14-31(15-4-1)35-27-28-38(37-20-10-9-19-36(35)37)39-21-11-22-40-43-41(23-12-24-42(43)51-44(39)40)47-49-45(32-16-5-2-6-17-32)48-46(50-47)34-26-25-30-13-7-8-18-33(30)29-34/h1-29,46H,(H,48,49,50). The molecule has 8 aromatic carbocycles. The normalized spacial score (nSPS) is 14.5. The molecule has 51 heavy (non-hydrogen) atoms. The molecule has 1 aliphatic heterocycles. The lowest BCUT2D eigenvalue weighted by molar-refractivity contribution is 0.669. The summed E-state index contributed by atoms with van der Waals surface area (Å²) in [5, 5.41) is 10.4. The van der Waals surface area contributed by atoms with Gasteiger partial charge in [0.25, 0.3) is 0 Å². The summed E-state index contributed by atoms with van der Waals surface area (Å²) in [6.07, 6.45) is -0.323. The van der Waals surface area contributed by atoms with Gasteiger partial charge in [0, 0.05) is 27.5 Å². The molecule has 0 saturated carbocycles. The summed E-state index contributed by atoms with van der Waals surface area (Å²) >= 11 is 0. The van der Waals surface area contributed by atoms with Crippen LogP contribution in [0.5, 0.6) is 0 Å². The van der Waals surface area contributed by atoms with Crippen LogP contribution in [0.3, 0.4) is 0 Å². The second-order valence-electron chi connectivity index (χ2n) is 13.0. The van der Waals surface area contributed by atoms with Crippen LogP contribution in [0, 0.1) is 0 Å². The maximum absolute atomic E-state index is 6.79. The van der Waals surface area contributed by atoms with E-state index in [2.05, 4.69) is 151 Å². The third-order valence-corrected chi connectivity index (χ3v) is 9.94. The number of furan rings is 1. The van der Waals surface area contributed by atoms with E-state index in [1.54, 1.807) is 0 Å². The van der Waals surface area contributed by atoms with Crippen molar-refractivity contribution in [2.45, 2.75) is 6.17 Å². The fraction of sp³-hybridized carbons (Fsp3) is 0.0213. The van der Waals surface area contributed by atoms with E-state index in [0.29, 0.717) is 5.84 Å². The molecule has 1 aromatic heterocycles. The third kappa shape index (κ3) is 5.00. The molecule has 9 aromatic rings. The minimum atomic E-state index is -0.323. The van der Waals surface area contributed by atoms with E-state index in [1.165, 1.54) is 32.7 Å². The van der Waals surface area contributed by atoms with E-state index in [1.807, 2.05) is 30.3 Å². The summed E-state index contributed by atoms with van der Waals surface area (Å²) in [6.45, 7) is 0. The van der Waals surface area contributed by atoms with Gasteiger partial charge >= 0.3 is 0 Å². The molecule has 4 nitrogen and oxygen atoms in total. The smallest absolute Gasteiger partial charge is 0.160 e. The summed E-state index contributed by atoms with van der Waals surface area (Å²) in [5.74, 6) is 1.45. The van der Waals surface area contributed by atoms with Gasteiger partial charge in [0.2, 0.25) is 0 Å². The Bertz CT molecular complexity index is 2830. The molecule has 0 saturated heterocycles. The number of nitrogens with zero attached hydrogens (tertiary/aromatic N) is 2. The van der Waals surface area contributed by atoms with Gasteiger partial charge in [-0.05, 0) is 55.9 Å². The molecule has 1 aliphatic rings. The summed E-state index contributed by atoms with van der Waals surface area (Å²) in [6, 6.07) is 61.6. The number of rotatable bonds is 5. The molecule has 1 unspecified atom stereocenters. The summed E-state index contributed by atoms with van der Waals surface area (Å²) in [4.78, 5) is 10.4. The molecule has 0 fully saturated rings. The Labute approximate surface area is 295 Å². The maximum Gasteiger partial charge on any atom is 0.160 e. The highest BCUT2D eigenvalue weighted by Gasteiger charge is 2.24. The molecule has 0 spiro atoms. The topological polar surface area (TPSA) is 49.9 Å². The predicted molar refractivity (Wildman–Crippen MR) is 211 cm³/mol. The van der Waals surface area contributed by atoms with Crippen molar-refractivity contribution >= 4 is 55.2 Å². The van der Waals surface area contributed by atoms with Gasteiger partial charge in [-0.1, -0.05) is 164 Å². The Balaban J connectivity index is 1.16. The van der Waals surface area contributed by atoms with Crippen molar-refractivity contribution in [3.8, 4) is 22.3 Å². The summed E-state index contributed by atoms with van der Waals surface area (Å²) < 4.78 is 6.79. The van der Waals surface area contributed by atoms with Crippen LogP contribution in [0.1, 0.15) is 22.9 Å². The van der Waals surface area contributed by atoms with Crippen molar-refractivity contribution < 1.29 is 4.42 Å². The van der Waals surface area contributed by atoms with Gasteiger partial charge in [-0.15, -0.1) is 0 Å². The SMILES string of the molecule is c1ccc(C2=NC(c3cccc4oc5c(-c6ccc(-c7ccccc7)c7ccccc67)cccc5c34)=NC(c3ccc4ccccc4c3)N2)cc1. The van der Waals surface area contributed by atoms with Crippen LogP contribution in [0.4, 0.5) is 0 Å². The van der Waals surface area contributed by atoms with Gasteiger partial charge in [0.15, 0.2) is 5.84 Å². The largest absolute Gasteiger partial charge is 0.455 e. The molecule has 0 bridgehead atoms. The third-order valence-electron chi connectivity index (χ3n) is 9.94. The summed E-state index contributed by atoms with van der Waals surface area (Å²) in [5.41, 5.74) is 9.29. The van der Waals surface area contributed by atoms with E-state index >= 15 is 0 Å². The lowest BCUT2D eigenvalue weighted by Crippen LogP contribution is -2.33. The van der Waals surface area contributed by atoms with Gasteiger partial charge in [-0.25, -0.2) is 9.98 Å². The van der Waals surface area contributed by atoms with Gasteiger partial charge in [-0.3, -0.25) is 0 Å². The monoisotopic (exact) mass is 653 g/mol. The lowest BCUT2D eigenvalue weighted by Gasteiger charge is -2.24. The molecule has 0 amide bonds. The Hall–Kier alpha value is -6.78. The number of hydrogen-bond donors (Lipinski definition) is 1. The minimum Gasteiger partial charge on any atom is -0.455 e. The molecular formula is C47H31N3O. The molecule has 0 aliphatic carbocycles. The molecule has 1 N–H and O–H groups in total. The first kappa shape index (κ1) is 29.2. The highest BCUT2D eigenvalue weighted by atomic mass is 16.3. The van der Waals surface area contributed by atoms with Gasteiger partial charge in [0.05, 0.1) is 0 Å². The van der Waals surface area contributed by atoms with Crippen molar-refractivity contribution in [2.24, 2.45) is 9.98 Å². The molecule has 4 heteroatoms. The van der Waals surface area contributed by atoms with E-state index < -0.39 is 0 Å². The van der Waals surface area contributed by atoms with Crippen LogP contribution >= 0.6 is 0 Å². The van der Waals surface area contributed by atoms with Crippen molar-refractivity contribution in [1.82, 2.24) is 5.32 Å². The van der Waals surface area contributed by atoms with Crippen LogP contribution in [-0.4, -0.2) is 11.7 Å². The quantitative estimate of drug-likeness (QED) is 0.201. The van der Waals surface area contributed by atoms with E-state index in [-0.39, 0.29) is 6.17 Å². The zero-order chi connectivity index (χ0) is 33.7. The molecular weight excluding hydrogens is 623 g/mol. The zero-order valence-electron chi connectivity index (χ0n) is 27.6. The first-order valence-electron chi connectivity index (χ1n) is 17.3. The summed E-state index contributed by atoms with van der Waals surface area (Å²) in [7, 11) is 0. The van der Waals surface area contributed by atoms with E-state index in [4.69, 9.17) is 14.4 Å². The molecule has 1 atom stereocenters. The zero-order valence-corrected chi connectivity index (χ0v) is 27.6. The molecule has 10 rings (SSSR count). The predicted octanol–water partition coefficient (Wildman–Crippen LogP) is 11.7. The second-order valence-corrected chi connectivity index (χ2v) is 13.0. The van der Waals surface area contributed by atoms with Gasteiger partial charge in [0.1, 0.15) is 23.2 Å². The number of benzene rings is 8. The van der Waals surface area contributed by atoms with Crippen LogP contribution in [0.25, 0.3) is 65.7 Å². The number of fused-ring (bicyclic) bond motifs is 5. The van der Waals surface area contributed by atoms with Crippen LogP contribution < -0.4 is 5.32 Å². The van der Waals surface area contributed by atoms with Crippen molar-refractivity contribution in [3.05, 3.63) is 193 Å². The number of amidine groups is 2. The fourth-order valence-corrected chi connectivity index (χ4v) is 7.51. The van der Waals surface area contributed by atoms with Crippen molar-refractivity contribution in [1.29, 1.82) is 0 Å². The number of hydrogen-bond acceptors (Lipinski definition) is 4. The number of para-hydroxylation sites is 1. The second kappa shape index (κ2) is 12.0. The van der Waals surface area contributed by atoms with Gasteiger partial charge < -0.3 is 9.73 Å². The lowest BCUT2D eigenvalue weighted by atomic mass is 9.91. The maximum atomic E-state index is 6.79.